The van der Waals surface area contributed by atoms with Crippen LogP contribution in [0, 0.1) is 0 Å². The summed E-state index contributed by atoms with van der Waals surface area (Å²) in [6.07, 6.45) is -4.65. The number of imidazole rings is 1. The van der Waals surface area contributed by atoms with Crippen LogP contribution in [0.1, 0.15) is 40.9 Å². The number of carbonyl (C=O) groups excluding carboxylic acids is 2. The van der Waals surface area contributed by atoms with Crippen molar-refractivity contribution in [3.63, 3.8) is 0 Å². The molecule has 2 atom stereocenters. The van der Waals surface area contributed by atoms with Crippen LogP contribution >= 0.6 is 0 Å². The Kier molecular flexibility index (Phi) is 5.31. The molecule has 172 valence electrons. The fraction of sp³-hybridized carbons (Fsp3) is 0.160. The quantitative estimate of drug-likeness (QED) is 0.392. The number of hydrogen-bond donors (Lipinski definition) is 3. The Morgan fingerprint density at radius 3 is 2.50 bits per heavy atom. The molecule has 9 heteroatoms. The number of halogens is 3. The fourth-order valence-corrected chi connectivity index (χ4v) is 4.23. The van der Waals surface area contributed by atoms with Crippen molar-refractivity contribution in [2.45, 2.75) is 24.6 Å². The number of nitrogens with zero attached hydrogens (tertiary/aromatic N) is 1. The van der Waals surface area contributed by atoms with E-state index >= 15 is 0 Å². The lowest BCUT2D eigenvalue weighted by molar-refractivity contribution is -0.144. The molecule has 0 saturated heterocycles. The van der Waals surface area contributed by atoms with E-state index in [4.69, 9.17) is 0 Å². The van der Waals surface area contributed by atoms with Gasteiger partial charge in [-0.3, -0.25) is 9.59 Å². The summed E-state index contributed by atoms with van der Waals surface area (Å²) in [7, 11) is 0. The number of amides is 2. The van der Waals surface area contributed by atoms with Crippen LogP contribution in [0.25, 0.3) is 11.0 Å². The third-order valence-corrected chi connectivity index (χ3v) is 5.85. The highest BCUT2D eigenvalue weighted by Crippen LogP contribution is 2.35. The molecule has 2 heterocycles. The van der Waals surface area contributed by atoms with Crippen LogP contribution < -0.4 is 10.6 Å². The molecule has 0 fully saturated rings. The zero-order valence-corrected chi connectivity index (χ0v) is 17.7. The summed E-state index contributed by atoms with van der Waals surface area (Å²) in [5.74, 6) is -2.29. The Bertz CT molecular complexity index is 1380. The molecular weight excluding hydrogens is 445 g/mol. The van der Waals surface area contributed by atoms with Gasteiger partial charge < -0.3 is 15.6 Å². The maximum absolute atomic E-state index is 13.1. The standard InChI is InChI=1S/C25H19F3N4O2/c26-25(27,28)24-30-19-11-10-15(12-20(19)31-24)22(14-6-2-1-3-7-14)32-21(33)13-17-16-8-4-5-9-18(16)29-23(17)34/h1-12,17,22H,13H2,(H,29,34)(H,30,31)(H,32,33). The number of alkyl halides is 3. The second-order valence-corrected chi connectivity index (χ2v) is 8.10. The summed E-state index contributed by atoms with van der Waals surface area (Å²) in [5.41, 5.74) is 3.17. The molecule has 0 bridgehead atoms. The monoisotopic (exact) mass is 464 g/mol. The molecule has 34 heavy (non-hydrogen) atoms. The molecule has 0 radical (unpaired) electrons. The van der Waals surface area contributed by atoms with Crippen LogP contribution in [-0.2, 0) is 15.8 Å². The van der Waals surface area contributed by atoms with Crippen LogP contribution in [0.15, 0.2) is 72.8 Å². The zero-order chi connectivity index (χ0) is 23.9. The molecule has 0 spiro atoms. The molecule has 0 saturated carbocycles. The first-order chi connectivity index (χ1) is 16.3. The molecular formula is C25H19F3N4O2. The summed E-state index contributed by atoms with van der Waals surface area (Å²) in [6.45, 7) is 0. The predicted molar refractivity (Wildman–Crippen MR) is 120 cm³/mol. The highest BCUT2D eigenvalue weighted by Gasteiger charge is 2.35. The summed E-state index contributed by atoms with van der Waals surface area (Å²) in [4.78, 5) is 31.4. The molecule has 1 aliphatic rings. The molecule has 2 unspecified atom stereocenters. The fourth-order valence-electron chi connectivity index (χ4n) is 4.23. The van der Waals surface area contributed by atoms with Crippen molar-refractivity contribution in [1.29, 1.82) is 0 Å². The van der Waals surface area contributed by atoms with E-state index < -0.39 is 24.0 Å². The van der Waals surface area contributed by atoms with Crippen molar-refractivity contribution in [3.8, 4) is 0 Å². The van der Waals surface area contributed by atoms with Crippen molar-refractivity contribution in [3.05, 3.63) is 95.3 Å². The average Bonchev–Trinajstić information content (AvgIpc) is 3.39. The van der Waals surface area contributed by atoms with Crippen molar-refractivity contribution in [2.24, 2.45) is 0 Å². The number of H-pyrrole nitrogens is 1. The van der Waals surface area contributed by atoms with Gasteiger partial charge in [0.05, 0.1) is 23.0 Å². The van der Waals surface area contributed by atoms with Crippen LogP contribution in [0.2, 0.25) is 0 Å². The predicted octanol–water partition coefficient (Wildman–Crippen LogP) is 4.91. The van der Waals surface area contributed by atoms with E-state index in [2.05, 4.69) is 20.6 Å². The van der Waals surface area contributed by atoms with Crippen LogP contribution in [0.5, 0.6) is 0 Å². The van der Waals surface area contributed by atoms with Crippen LogP contribution in [0.4, 0.5) is 18.9 Å². The Labute approximate surface area is 192 Å². The topological polar surface area (TPSA) is 86.9 Å². The van der Waals surface area contributed by atoms with E-state index in [1.807, 2.05) is 48.5 Å². The van der Waals surface area contributed by atoms with E-state index in [0.717, 1.165) is 11.1 Å². The number of fused-ring (bicyclic) bond motifs is 2. The number of carbonyl (C=O) groups is 2. The van der Waals surface area contributed by atoms with Gasteiger partial charge >= 0.3 is 6.18 Å². The van der Waals surface area contributed by atoms with Gasteiger partial charge in [0.1, 0.15) is 0 Å². The van der Waals surface area contributed by atoms with E-state index in [1.54, 1.807) is 18.2 Å². The van der Waals surface area contributed by atoms with Crippen LogP contribution in [0.3, 0.4) is 0 Å². The Morgan fingerprint density at radius 1 is 1.00 bits per heavy atom. The minimum atomic E-state index is -4.59. The number of benzene rings is 3. The van der Waals surface area contributed by atoms with E-state index in [1.165, 1.54) is 6.07 Å². The normalized spacial score (nSPS) is 16.2. The van der Waals surface area contributed by atoms with Gasteiger partial charge in [-0.15, -0.1) is 0 Å². The van der Waals surface area contributed by atoms with Crippen molar-refractivity contribution in [2.75, 3.05) is 5.32 Å². The number of para-hydroxylation sites is 1. The molecule has 5 rings (SSSR count). The van der Waals surface area contributed by atoms with Crippen LogP contribution in [-0.4, -0.2) is 21.8 Å². The summed E-state index contributed by atoms with van der Waals surface area (Å²) in [6, 6.07) is 20.3. The SMILES string of the molecule is O=C(CC1C(=O)Nc2ccccc21)NC(c1ccccc1)c1ccc2nc(C(F)(F)F)[nH]c2c1. The highest BCUT2D eigenvalue weighted by molar-refractivity contribution is 6.04. The van der Waals surface area contributed by atoms with Gasteiger partial charge in [-0.2, -0.15) is 13.2 Å². The molecule has 2 amide bonds. The maximum Gasteiger partial charge on any atom is 0.449 e. The summed E-state index contributed by atoms with van der Waals surface area (Å²) in [5, 5.41) is 5.74. The molecule has 6 nitrogen and oxygen atoms in total. The van der Waals surface area contributed by atoms with Gasteiger partial charge in [0, 0.05) is 12.1 Å². The second kappa shape index (κ2) is 8.33. The third kappa shape index (κ3) is 4.12. The number of nitrogens with one attached hydrogen (secondary N) is 3. The van der Waals surface area contributed by atoms with Gasteiger partial charge in [-0.05, 0) is 34.9 Å². The Hall–Kier alpha value is -4.14. The smallest absolute Gasteiger partial charge is 0.345 e. The van der Waals surface area contributed by atoms with Crippen molar-refractivity contribution >= 4 is 28.5 Å². The lowest BCUT2D eigenvalue weighted by Gasteiger charge is -2.21. The van der Waals surface area contributed by atoms with E-state index in [9.17, 15) is 22.8 Å². The minimum Gasteiger partial charge on any atom is -0.345 e. The van der Waals surface area contributed by atoms with Gasteiger partial charge in [-0.25, -0.2) is 4.98 Å². The van der Waals surface area contributed by atoms with Gasteiger partial charge in [-0.1, -0.05) is 54.6 Å². The third-order valence-electron chi connectivity index (χ3n) is 5.85. The largest absolute Gasteiger partial charge is 0.449 e. The first-order valence-electron chi connectivity index (χ1n) is 10.6. The molecule has 1 aromatic heterocycles. The Balaban J connectivity index is 1.44. The summed E-state index contributed by atoms with van der Waals surface area (Å²) >= 11 is 0. The maximum atomic E-state index is 13.1. The Morgan fingerprint density at radius 2 is 1.74 bits per heavy atom. The zero-order valence-electron chi connectivity index (χ0n) is 17.7. The summed E-state index contributed by atoms with van der Waals surface area (Å²) < 4.78 is 39.2. The number of rotatable bonds is 5. The second-order valence-electron chi connectivity index (χ2n) is 8.10. The minimum absolute atomic E-state index is 0.0588. The van der Waals surface area contributed by atoms with Gasteiger partial charge in [0.15, 0.2) is 0 Å². The first kappa shape index (κ1) is 21.7. The van der Waals surface area contributed by atoms with E-state index in [-0.39, 0.29) is 29.3 Å². The number of hydrogen-bond acceptors (Lipinski definition) is 3. The number of anilines is 1. The molecule has 1 aliphatic heterocycles. The average molecular weight is 464 g/mol. The molecule has 0 aliphatic carbocycles. The van der Waals surface area contributed by atoms with E-state index in [0.29, 0.717) is 11.3 Å². The number of aromatic amines is 1. The molecule has 3 aromatic carbocycles. The molecule has 3 N–H and O–H groups in total. The molecule has 4 aromatic rings. The number of aromatic nitrogens is 2. The first-order valence-corrected chi connectivity index (χ1v) is 10.6. The lowest BCUT2D eigenvalue weighted by Crippen LogP contribution is -2.31. The van der Waals surface area contributed by atoms with Gasteiger partial charge in [0.25, 0.3) is 0 Å². The lowest BCUT2D eigenvalue weighted by atomic mass is 9.95. The van der Waals surface area contributed by atoms with Gasteiger partial charge in [0.2, 0.25) is 17.6 Å². The highest BCUT2D eigenvalue weighted by atomic mass is 19.4. The van der Waals surface area contributed by atoms with Crippen molar-refractivity contribution < 1.29 is 22.8 Å². The van der Waals surface area contributed by atoms with Crippen molar-refractivity contribution in [1.82, 2.24) is 15.3 Å².